The molecule has 2 aromatic rings. The lowest BCUT2D eigenvalue weighted by Gasteiger charge is -2.13. The van der Waals surface area contributed by atoms with Gasteiger partial charge in [-0.1, -0.05) is 6.42 Å². The second-order valence-electron chi connectivity index (χ2n) is 5.95. The average molecular weight is 334 g/mol. The van der Waals surface area contributed by atoms with Crippen molar-refractivity contribution >= 4 is 17.2 Å². The van der Waals surface area contributed by atoms with Crippen molar-refractivity contribution in [3.05, 3.63) is 21.4 Å². The molecular formula is C15H22N6OS. The van der Waals surface area contributed by atoms with E-state index >= 15 is 0 Å². The number of nitrogens with zero attached hydrogens (tertiary/aromatic N) is 5. The highest BCUT2D eigenvalue weighted by Crippen LogP contribution is 2.24. The maximum absolute atomic E-state index is 12.4. The summed E-state index contributed by atoms with van der Waals surface area (Å²) < 4.78 is 1.76. The molecule has 0 aromatic carbocycles. The summed E-state index contributed by atoms with van der Waals surface area (Å²) in [6.07, 6.45) is 4.65. The average Bonchev–Trinajstić information content (AvgIpc) is 3.05. The topological polar surface area (TPSA) is 85.6 Å². The molecule has 1 unspecified atom stereocenters. The fourth-order valence-corrected chi connectivity index (χ4v) is 3.80. The Morgan fingerprint density at radius 1 is 1.39 bits per heavy atom. The molecule has 0 radical (unpaired) electrons. The largest absolute Gasteiger partial charge is 0.355 e. The van der Waals surface area contributed by atoms with Crippen LogP contribution in [0, 0.1) is 13.8 Å². The predicted octanol–water partition coefficient (Wildman–Crippen LogP) is 1.76. The number of hydrogen-bond acceptors (Lipinski definition) is 6. The smallest absolute Gasteiger partial charge is 0.230 e. The lowest BCUT2D eigenvalue weighted by molar-refractivity contribution is -0.122. The monoisotopic (exact) mass is 334 g/mol. The van der Waals surface area contributed by atoms with E-state index in [0.717, 1.165) is 49.4 Å². The zero-order valence-corrected chi connectivity index (χ0v) is 14.4. The maximum Gasteiger partial charge on any atom is 0.230 e. The van der Waals surface area contributed by atoms with Crippen LogP contribution in [0.25, 0.3) is 0 Å². The Kier molecular flexibility index (Phi) is 5.00. The molecular weight excluding hydrogens is 312 g/mol. The Balaban J connectivity index is 1.50. The third-order valence-corrected chi connectivity index (χ3v) is 5.37. The molecule has 0 fully saturated rings. The van der Waals surface area contributed by atoms with Gasteiger partial charge in [0.2, 0.25) is 5.91 Å². The number of aromatic nitrogens is 5. The molecule has 1 amide bonds. The number of carbonyl (C=O) groups is 1. The minimum absolute atomic E-state index is 0.0365. The molecule has 23 heavy (non-hydrogen) atoms. The van der Waals surface area contributed by atoms with Gasteiger partial charge in [-0.05, 0) is 43.5 Å². The van der Waals surface area contributed by atoms with Gasteiger partial charge in [0, 0.05) is 24.4 Å². The number of aryl methyl sites for hydroxylation is 4. The number of rotatable bonds is 5. The SMILES string of the molecule is Cc1nc(CCCNC(=O)C2CCCCn3nnnc32)sc1C. The summed E-state index contributed by atoms with van der Waals surface area (Å²) in [5, 5.41) is 15.9. The highest BCUT2D eigenvalue weighted by molar-refractivity contribution is 7.11. The summed E-state index contributed by atoms with van der Waals surface area (Å²) in [7, 11) is 0. The Morgan fingerprint density at radius 3 is 3.04 bits per heavy atom. The van der Waals surface area contributed by atoms with Gasteiger partial charge in [-0.2, -0.15) is 0 Å². The predicted molar refractivity (Wildman–Crippen MR) is 87.3 cm³/mol. The van der Waals surface area contributed by atoms with Crippen LogP contribution in [0.2, 0.25) is 0 Å². The number of hydrogen-bond donors (Lipinski definition) is 1. The molecule has 8 heteroatoms. The van der Waals surface area contributed by atoms with E-state index in [1.54, 1.807) is 16.0 Å². The van der Waals surface area contributed by atoms with Gasteiger partial charge in [0.05, 0.1) is 16.6 Å². The molecule has 3 rings (SSSR count). The summed E-state index contributed by atoms with van der Waals surface area (Å²) >= 11 is 1.74. The van der Waals surface area contributed by atoms with Crippen molar-refractivity contribution in [2.75, 3.05) is 6.54 Å². The molecule has 3 heterocycles. The van der Waals surface area contributed by atoms with E-state index < -0.39 is 0 Å². The van der Waals surface area contributed by atoms with Gasteiger partial charge in [-0.15, -0.1) is 16.4 Å². The number of thiazole rings is 1. The van der Waals surface area contributed by atoms with Crippen molar-refractivity contribution in [3.63, 3.8) is 0 Å². The zero-order chi connectivity index (χ0) is 16.2. The lowest BCUT2D eigenvalue weighted by Crippen LogP contribution is -2.31. The highest BCUT2D eigenvalue weighted by atomic mass is 32.1. The van der Waals surface area contributed by atoms with Crippen molar-refractivity contribution < 1.29 is 4.79 Å². The first-order valence-electron chi connectivity index (χ1n) is 8.12. The molecule has 0 bridgehead atoms. The molecule has 0 saturated carbocycles. The lowest BCUT2D eigenvalue weighted by atomic mass is 10.0. The van der Waals surface area contributed by atoms with E-state index in [1.807, 2.05) is 6.92 Å². The van der Waals surface area contributed by atoms with E-state index in [4.69, 9.17) is 0 Å². The molecule has 0 aliphatic carbocycles. The molecule has 124 valence electrons. The van der Waals surface area contributed by atoms with Crippen LogP contribution in [-0.2, 0) is 17.8 Å². The molecule has 1 N–H and O–H groups in total. The normalized spacial score (nSPS) is 17.6. The standard InChI is InChI=1S/C15H22N6OS/c1-10-11(2)23-13(17-10)7-5-8-16-15(22)12-6-3-4-9-21-14(12)18-19-20-21/h12H,3-9H2,1-2H3,(H,16,22). The van der Waals surface area contributed by atoms with Crippen LogP contribution in [0.1, 0.15) is 53.0 Å². The van der Waals surface area contributed by atoms with E-state index in [-0.39, 0.29) is 11.8 Å². The summed E-state index contributed by atoms with van der Waals surface area (Å²) in [5.74, 6) is 0.512. The fraction of sp³-hybridized carbons (Fsp3) is 0.667. The summed E-state index contributed by atoms with van der Waals surface area (Å²) in [6, 6.07) is 0. The molecule has 0 spiro atoms. The van der Waals surface area contributed by atoms with Crippen molar-refractivity contribution in [1.82, 2.24) is 30.5 Å². The zero-order valence-electron chi connectivity index (χ0n) is 13.6. The van der Waals surface area contributed by atoms with Crippen molar-refractivity contribution in [1.29, 1.82) is 0 Å². The Bertz CT molecular complexity index is 660. The Hall–Kier alpha value is -1.83. The molecule has 7 nitrogen and oxygen atoms in total. The molecule has 1 aliphatic rings. The van der Waals surface area contributed by atoms with Gasteiger partial charge in [0.25, 0.3) is 0 Å². The third kappa shape index (κ3) is 3.74. The van der Waals surface area contributed by atoms with Crippen LogP contribution < -0.4 is 5.32 Å². The van der Waals surface area contributed by atoms with Gasteiger partial charge in [-0.3, -0.25) is 4.79 Å². The Morgan fingerprint density at radius 2 is 2.26 bits per heavy atom. The molecule has 2 aromatic heterocycles. The summed E-state index contributed by atoms with van der Waals surface area (Å²) in [5.41, 5.74) is 1.11. The van der Waals surface area contributed by atoms with Crippen LogP contribution in [0.15, 0.2) is 0 Å². The second-order valence-corrected chi connectivity index (χ2v) is 7.24. The highest BCUT2D eigenvalue weighted by Gasteiger charge is 2.28. The first kappa shape index (κ1) is 16.0. The Labute approximate surface area is 139 Å². The minimum atomic E-state index is -0.225. The number of fused-ring (bicyclic) bond motifs is 1. The van der Waals surface area contributed by atoms with Crippen LogP contribution in [0.3, 0.4) is 0 Å². The van der Waals surface area contributed by atoms with Gasteiger partial charge in [-0.25, -0.2) is 9.67 Å². The van der Waals surface area contributed by atoms with E-state index in [2.05, 4.69) is 32.7 Å². The van der Waals surface area contributed by atoms with Gasteiger partial charge >= 0.3 is 0 Å². The third-order valence-electron chi connectivity index (χ3n) is 4.24. The van der Waals surface area contributed by atoms with Crippen molar-refractivity contribution in [3.8, 4) is 0 Å². The summed E-state index contributed by atoms with van der Waals surface area (Å²) in [6.45, 7) is 5.59. The van der Waals surface area contributed by atoms with E-state index in [1.165, 1.54) is 4.88 Å². The molecule has 0 saturated heterocycles. The van der Waals surface area contributed by atoms with Crippen molar-refractivity contribution in [2.45, 2.75) is 58.4 Å². The molecule has 1 atom stereocenters. The summed E-state index contributed by atoms with van der Waals surface area (Å²) in [4.78, 5) is 18.2. The number of carbonyl (C=O) groups excluding carboxylic acids is 1. The first-order chi connectivity index (χ1) is 11.1. The molecule has 1 aliphatic heterocycles. The van der Waals surface area contributed by atoms with Crippen molar-refractivity contribution in [2.24, 2.45) is 0 Å². The number of amides is 1. The number of nitrogens with one attached hydrogen (secondary N) is 1. The van der Waals surface area contributed by atoms with Crippen LogP contribution >= 0.6 is 11.3 Å². The van der Waals surface area contributed by atoms with Gasteiger partial charge in [0.15, 0.2) is 5.82 Å². The number of tetrazole rings is 1. The fourth-order valence-electron chi connectivity index (χ4n) is 2.83. The van der Waals surface area contributed by atoms with Crippen LogP contribution in [0.4, 0.5) is 0 Å². The van der Waals surface area contributed by atoms with E-state index in [0.29, 0.717) is 12.4 Å². The van der Waals surface area contributed by atoms with Crippen LogP contribution in [-0.4, -0.2) is 37.6 Å². The maximum atomic E-state index is 12.4. The van der Waals surface area contributed by atoms with E-state index in [9.17, 15) is 4.79 Å². The first-order valence-corrected chi connectivity index (χ1v) is 8.93. The van der Waals surface area contributed by atoms with Crippen LogP contribution in [0.5, 0.6) is 0 Å². The van der Waals surface area contributed by atoms with Gasteiger partial charge in [0.1, 0.15) is 0 Å². The minimum Gasteiger partial charge on any atom is -0.355 e. The quantitative estimate of drug-likeness (QED) is 0.842. The second kappa shape index (κ2) is 7.16. The van der Waals surface area contributed by atoms with Gasteiger partial charge < -0.3 is 5.32 Å².